The predicted molar refractivity (Wildman–Crippen MR) is 120 cm³/mol. The van der Waals surface area contributed by atoms with Crippen LogP contribution in [0.1, 0.15) is 11.3 Å². The van der Waals surface area contributed by atoms with Gasteiger partial charge in [-0.3, -0.25) is 4.90 Å². The smallest absolute Gasteiger partial charge is 0.184 e. The lowest BCUT2D eigenvalue weighted by atomic mass is 10.2. The molecule has 2 heterocycles. The van der Waals surface area contributed by atoms with Crippen molar-refractivity contribution in [3.8, 4) is 0 Å². The van der Waals surface area contributed by atoms with Gasteiger partial charge in [0.2, 0.25) is 0 Å². The first kappa shape index (κ1) is 20.4. The van der Waals surface area contributed by atoms with Gasteiger partial charge in [0, 0.05) is 32.7 Å². The van der Waals surface area contributed by atoms with Gasteiger partial charge in [0.25, 0.3) is 0 Å². The van der Waals surface area contributed by atoms with E-state index >= 15 is 0 Å². The number of pyridine rings is 1. The van der Waals surface area contributed by atoms with Crippen molar-refractivity contribution in [1.29, 1.82) is 0 Å². The van der Waals surface area contributed by atoms with Crippen molar-refractivity contribution in [2.24, 2.45) is 0 Å². The Hall–Kier alpha value is -2.90. The van der Waals surface area contributed by atoms with Gasteiger partial charge in [0.1, 0.15) is 5.82 Å². The summed E-state index contributed by atoms with van der Waals surface area (Å²) < 4.78 is 25.5. The minimum Gasteiger partial charge on any atom is -0.397 e. The minimum absolute atomic E-state index is 0.204. The van der Waals surface area contributed by atoms with Crippen molar-refractivity contribution in [2.45, 2.75) is 17.2 Å². The molecule has 0 saturated carbocycles. The Balaban J connectivity index is 1.44. The molecule has 1 aliphatic heterocycles. The first-order valence-corrected chi connectivity index (χ1v) is 11.7. The normalized spacial score (nSPS) is 15.3. The SMILES string of the molecule is Nc1ccc(N2CCN(Cc3ccccc3)CC2)nc1CS(=O)(=O)c1ccccc1. The molecule has 0 spiro atoms. The zero-order chi connectivity index (χ0) is 21.0. The van der Waals surface area contributed by atoms with Crippen LogP contribution in [0, 0.1) is 0 Å². The summed E-state index contributed by atoms with van der Waals surface area (Å²) in [7, 11) is -3.50. The van der Waals surface area contributed by atoms with Gasteiger partial charge >= 0.3 is 0 Å². The van der Waals surface area contributed by atoms with Crippen LogP contribution in [0.15, 0.2) is 77.7 Å². The average molecular weight is 423 g/mol. The zero-order valence-electron chi connectivity index (χ0n) is 16.8. The summed E-state index contributed by atoms with van der Waals surface area (Å²) in [5, 5.41) is 0. The number of hydrogen-bond acceptors (Lipinski definition) is 6. The van der Waals surface area contributed by atoms with E-state index in [0.717, 1.165) is 38.5 Å². The van der Waals surface area contributed by atoms with Crippen LogP contribution in [0.25, 0.3) is 0 Å². The highest BCUT2D eigenvalue weighted by molar-refractivity contribution is 7.90. The average Bonchev–Trinajstić information content (AvgIpc) is 2.77. The summed E-state index contributed by atoms with van der Waals surface area (Å²) in [6.07, 6.45) is 0. The van der Waals surface area contributed by atoms with Crippen molar-refractivity contribution in [2.75, 3.05) is 36.8 Å². The molecule has 0 radical (unpaired) electrons. The van der Waals surface area contributed by atoms with E-state index in [1.165, 1.54) is 5.56 Å². The lowest BCUT2D eigenvalue weighted by Crippen LogP contribution is -2.46. The molecule has 2 N–H and O–H groups in total. The fourth-order valence-electron chi connectivity index (χ4n) is 3.66. The molecule has 0 bridgehead atoms. The summed E-state index contributed by atoms with van der Waals surface area (Å²) in [5.74, 6) is 0.576. The Morgan fingerprint density at radius 2 is 1.47 bits per heavy atom. The summed E-state index contributed by atoms with van der Waals surface area (Å²) in [6, 6.07) is 22.5. The first-order chi connectivity index (χ1) is 14.5. The third kappa shape index (κ3) is 4.80. The minimum atomic E-state index is -3.50. The number of piperazine rings is 1. The molecule has 0 atom stereocenters. The van der Waals surface area contributed by atoms with Gasteiger partial charge in [-0.05, 0) is 29.8 Å². The fraction of sp³-hybridized carbons (Fsp3) is 0.261. The van der Waals surface area contributed by atoms with E-state index in [0.29, 0.717) is 11.4 Å². The topological polar surface area (TPSA) is 79.5 Å². The number of sulfone groups is 1. The maximum absolute atomic E-state index is 12.7. The highest BCUT2D eigenvalue weighted by atomic mass is 32.2. The number of hydrogen-bond donors (Lipinski definition) is 1. The summed E-state index contributed by atoms with van der Waals surface area (Å²) in [5.41, 5.74) is 8.18. The molecule has 4 rings (SSSR count). The van der Waals surface area contributed by atoms with Crippen molar-refractivity contribution >= 4 is 21.3 Å². The fourth-order valence-corrected chi connectivity index (χ4v) is 4.99. The maximum atomic E-state index is 12.7. The lowest BCUT2D eigenvalue weighted by Gasteiger charge is -2.35. The van der Waals surface area contributed by atoms with Crippen LogP contribution in [0.5, 0.6) is 0 Å². The second-order valence-corrected chi connectivity index (χ2v) is 9.52. The molecule has 1 fully saturated rings. The second-order valence-electron chi connectivity index (χ2n) is 7.53. The Labute approximate surface area is 177 Å². The summed E-state index contributed by atoms with van der Waals surface area (Å²) in [4.78, 5) is 9.52. The maximum Gasteiger partial charge on any atom is 0.184 e. The standard InChI is InChI=1S/C23H26N4O2S/c24-21-11-12-23(25-22(21)18-30(28,29)20-9-5-2-6-10-20)27-15-13-26(14-16-27)17-19-7-3-1-4-8-19/h1-12H,13-18,24H2. The molecule has 3 aromatic rings. The van der Waals surface area contributed by atoms with E-state index in [1.807, 2.05) is 12.1 Å². The number of rotatable bonds is 6. The Morgan fingerprint density at radius 1 is 0.833 bits per heavy atom. The number of nitrogens with zero attached hydrogens (tertiary/aromatic N) is 3. The van der Waals surface area contributed by atoms with Gasteiger partial charge in [-0.15, -0.1) is 0 Å². The largest absolute Gasteiger partial charge is 0.397 e. The van der Waals surface area contributed by atoms with Crippen LogP contribution in [-0.2, 0) is 22.1 Å². The summed E-state index contributed by atoms with van der Waals surface area (Å²) >= 11 is 0. The van der Waals surface area contributed by atoms with Crippen LogP contribution in [0.3, 0.4) is 0 Å². The molecule has 1 aromatic heterocycles. The van der Waals surface area contributed by atoms with E-state index < -0.39 is 9.84 Å². The quantitative estimate of drug-likeness (QED) is 0.658. The highest BCUT2D eigenvalue weighted by Crippen LogP contribution is 2.23. The molecule has 0 aliphatic carbocycles. The number of nitrogen functional groups attached to an aromatic ring is 1. The van der Waals surface area contributed by atoms with Gasteiger partial charge < -0.3 is 10.6 Å². The molecular weight excluding hydrogens is 396 g/mol. The van der Waals surface area contributed by atoms with Crippen LogP contribution >= 0.6 is 0 Å². The molecule has 1 saturated heterocycles. The monoisotopic (exact) mass is 422 g/mol. The molecule has 0 unspecified atom stereocenters. The van der Waals surface area contributed by atoms with E-state index in [1.54, 1.807) is 36.4 Å². The molecule has 6 nitrogen and oxygen atoms in total. The zero-order valence-corrected chi connectivity index (χ0v) is 17.6. The highest BCUT2D eigenvalue weighted by Gasteiger charge is 2.21. The molecule has 156 valence electrons. The van der Waals surface area contributed by atoms with Crippen molar-refractivity contribution in [3.63, 3.8) is 0 Å². The molecule has 30 heavy (non-hydrogen) atoms. The first-order valence-electron chi connectivity index (χ1n) is 10.1. The van der Waals surface area contributed by atoms with Crippen molar-refractivity contribution in [1.82, 2.24) is 9.88 Å². The van der Waals surface area contributed by atoms with Crippen LogP contribution in [0.2, 0.25) is 0 Å². The van der Waals surface area contributed by atoms with Gasteiger partial charge in [-0.25, -0.2) is 13.4 Å². The third-order valence-electron chi connectivity index (χ3n) is 5.37. The number of benzene rings is 2. The Bertz CT molecular complexity index is 1080. The van der Waals surface area contributed by atoms with Crippen LogP contribution < -0.4 is 10.6 Å². The van der Waals surface area contributed by atoms with Crippen molar-refractivity contribution in [3.05, 3.63) is 84.1 Å². The molecule has 7 heteroatoms. The van der Waals surface area contributed by atoms with Crippen molar-refractivity contribution < 1.29 is 8.42 Å². The lowest BCUT2D eigenvalue weighted by molar-refractivity contribution is 0.249. The number of nitrogens with two attached hydrogens (primary N) is 1. The van der Waals surface area contributed by atoms with Crippen LogP contribution in [-0.4, -0.2) is 44.5 Å². The number of aromatic nitrogens is 1. The molecule has 2 aromatic carbocycles. The van der Waals surface area contributed by atoms with E-state index in [2.05, 4.69) is 39.0 Å². The Morgan fingerprint density at radius 3 is 2.13 bits per heavy atom. The molecule has 1 aliphatic rings. The summed E-state index contributed by atoms with van der Waals surface area (Å²) in [6.45, 7) is 4.48. The molecular formula is C23H26N4O2S. The Kier molecular flexibility index (Phi) is 6.01. The van der Waals surface area contributed by atoms with E-state index in [9.17, 15) is 8.42 Å². The third-order valence-corrected chi connectivity index (χ3v) is 7.01. The number of anilines is 2. The predicted octanol–water partition coefficient (Wildman–Crippen LogP) is 2.96. The van der Waals surface area contributed by atoms with E-state index in [-0.39, 0.29) is 10.6 Å². The van der Waals surface area contributed by atoms with Gasteiger partial charge in [-0.1, -0.05) is 48.5 Å². The molecule has 0 amide bonds. The van der Waals surface area contributed by atoms with Gasteiger partial charge in [0.15, 0.2) is 9.84 Å². The van der Waals surface area contributed by atoms with Crippen LogP contribution in [0.4, 0.5) is 11.5 Å². The van der Waals surface area contributed by atoms with Gasteiger partial charge in [-0.2, -0.15) is 0 Å². The van der Waals surface area contributed by atoms with E-state index in [4.69, 9.17) is 5.73 Å². The second kappa shape index (κ2) is 8.85. The van der Waals surface area contributed by atoms with Gasteiger partial charge in [0.05, 0.1) is 22.0 Å².